The molecule has 0 radical (unpaired) electrons. The summed E-state index contributed by atoms with van der Waals surface area (Å²) in [5, 5.41) is 0.810. The maximum atomic E-state index is 13.5. The minimum Gasteiger partial charge on any atom is -0.345 e. The number of nitrogens with zero attached hydrogens (tertiary/aromatic N) is 2. The molecule has 0 unspecified atom stereocenters. The molecule has 0 spiro atoms. The van der Waals surface area contributed by atoms with Crippen LogP contribution < -0.4 is 0 Å². The van der Waals surface area contributed by atoms with Crippen LogP contribution in [0.1, 0.15) is 32.7 Å². The Kier molecular flexibility index (Phi) is 6.99. The van der Waals surface area contributed by atoms with Gasteiger partial charge in [0, 0.05) is 30.5 Å². The van der Waals surface area contributed by atoms with Gasteiger partial charge in [0.1, 0.15) is 0 Å². The summed E-state index contributed by atoms with van der Waals surface area (Å²) >= 11 is 12.2. The van der Waals surface area contributed by atoms with Gasteiger partial charge in [0.25, 0.3) is 5.91 Å². The number of aromatic nitrogens is 1. The number of benzene rings is 3. The third kappa shape index (κ3) is 5.24. The molecule has 0 aliphatic rings. The van der Waals surface area contributed by atoms with Crippen molar-refractivity contribution in [1.82, 2.24) is 9.47 Å². The molecule has 3 aromatic carbocycles. The lowest BCUT2D eigenvalue weighted by molar-refractivity contribution is 0.0726. The van der Waals surface area contributed by atoms with Gasteiger partial charge in [-0.2, -0.15) is 0 Å². The molecule has 0 saturated carbocycles. The van der Waals surface area contributed by atoms with Crippen molar-refractivity contribution in [1.29, 1.82) is 0 Å². The highest BCUT2D eigenvalue weighted by atomic mass is 35.5. The highest BCUT2D eigenvalue weighted by Gasteiger charge is 2.19. The number of carbonyl (C=O) groups excluding carboxylic acids is 1. The molecule has 162 valence electrons. The van der Waals surface area contributed by atoms with Gasteiger partial charge in [-0.25, -0.2) is 0 Å². The summed E-state index contributed by atoms with van der Waals surface area (Å²) in [6.45, 7) is 3.85. The van der Waals surface area contributed by atoms with Crippen molar-refractivity contribution in [3.8, 4) is 0 Å². The van der Waals surface area contributed by atoms with Crippen LogP contribution in [0, 0.1) is 6.92 Å². The SMILES string of the molecule is Cc1ccccc1Cn1cccc1CN(Cc1ccccc1)C(=O)c1ccc(Cl)c(Cl)c1. The molecule has 3 nitrogen and oxygen atoms in total. The number of rotatable bonds is 7. The number of amides is 1. The monoisotopic (exact) mass is 462 g/mol. The van der Waals surface area contributed by atoms with Crippen molar-refractivity contribution < 1.29 is 4.79 Å². The lowest BCUT2D eigenvalue weighted by Gasteiger charge is -2.24. The second kappa shape index (κ2) is 10.1. The average Bonchev–Trinajstić information content (AvgIpc) is 3.23. The Hall–Kier alpha value is -3.01. The Morgan fingerprint density at radius 1 is 0.844 bits per heavy atom. The zero-order valence-electron chi connectivity index (χ0n) is 17.8. The predicted molar refractivity (Wildman–Crippen MR) is 131 cm³/mol. The summed E-state index contributed by atoms with van der Waals surface area (Å²) in [6.07, 6.45) is 2.06. The van der Waals surface area contributed by atoms with Crippen molar-refractivity contribution in [2.45, 2.75) is 26.6 Å². The molecule has 0 fully saturated rings. The quantitative estimate of drug-likeness (QED) is 0.290. The predicted octanol–water partition coefficient (Wildman–Crippen LogP) is 6.99. The average molecular weight is 463 g/mol. The lowest BCUT2D eigenvalue weighted by Crippen LogP contribution is -2.31. The van der Waals surface area contributed by atoms with Crippen LogP contribution in [0.5, 0.6) is 0 Å². The van der Waals surface area contributed by atoms with E-state index in [0.717, 1.165) is 17.8 Å². The molecule has 1 amide bonds. The van der Waals surface area contributed by atoms with Gasteiger partial charge in [-0.05, 0) is 53.9 Å². The largest absolute Gasteiger partial charge is 0.345 e. The Bertz CT molecular complexity index is 1220. The van der Waals surface area contributed by atoms with E-state index in [9.17, 15) is 4.79 Å². The lowest BCUT2D eigenvalue weighted by atomic mass is 10.1. The minimum atomic E-state index is -0.0870. The molecule has 4 rings (SSSR count). The fourth-order valence-electron chi connectivity index (χ4n) is 3.73. The first kappa shape index (κ1) is 22.2. The van der Waals surface area contributed by atoms with Crippen LogP contribution in [0.4, 0.5) is 0 Å². The van der Waals surface area contributed by atoms with Crippen molar-refractivity contribution in [3.05, 3.63) is 129 Å². The third-order valence-corrected chi connectivity index (χ3v) is 6.29. The Labute approximate surface area is 198 Å². The molecule has 0 aliphatic heterocycles. The summed E-state index contributed by atoms with van der Waals surface area (Å²) in [6, 6.07) is 27.5. The Balaban J connectivity index is 1.62. The van der Waals surface area contributed by atoms with Gasteiger partial charge in [0.2, 0.25) is 0 Å². The van der Waals surface area contributed by atoms with Crippen molar-refractivity contribution in [3.63, 3.8) is 0 Å². The molecule has 1 aromatic heterocycles. The van der Waals surface area contributed by atoms with E-state index >= 15 is 0 Å². The smallest absolute Gasteiger partial charge is 0.254 e. The first-order chi connectivity index (χ1) is 15.5. The van der Waals surface area contributed by atoms with Gasteiger partial charge < -0.3 is 9.47 Å². The molecule has 0 N–H and O–H groups in total. The van der Waals surface area contributed by atoms with Crippen LogP contribution in [0.2, 0.25) is 10.0 Å². The number of hydrogen-bond donors (Lipinski definition) is 0. The summed E-state index contributed by atoms with van der Waals surface area (Å²) in [5.41, 5.74) is 5.17. The van der Waals surface area contributed by atoms with Crippen LogP contribution in [-0.4, -0.2) is 15.4 Å². The molecule has 4 aromatic rings. The number of carbonyl (C=O) groups is 1. The highest BCUT2D eigenvalue weighted by molar-refractivity contribution is 6.42. The van der Waals surface area contributed by atoms with Gasteiger partial charge in [-0.3, -0.25) is 4.79 Å². The highest BCUT2D eigenvalue weighted by Crippen LogP contribution is 2.24. The van der Waals surface area contributed by atoms with Gasteiger partial charge >= 0.3 is 0 Å². The first-order valence-electron chi connectivity index (χ1n) is 10.5. The van der Waals surface area contributed by atoms with Crippen LogP contribution in [0.25, 0.3) is 0 Å². The van der Waals surface area contributed by atoms with Gasteiger partial charge in [0.15, 0.2) is 0 Å². The molecule has 0 atom stereocenters. The standard InChI is InChI=1S/C27H24Cl2N2O/c1-20-8-5-6-11-23(20)18-30-15-7-12-24(30)19-31(17-21-9-3-2-4-10-21)27(32)22-13-14-25(28)26(29)16-22/h2-16H,17-19H2,1H3. The normalized spacial score (nSPS) is 10.8. The molecule has 0 aliphatic carbocycles. The number of aryl methyl sites for hydroxylation is 1. The Morgan fingerprint density at radius 3 is 2.34 bits per heavy atom. The summed E-state index contributed by atoms with van der Waals surface area (Å²) in [7, 11) is 0. The zero-order valence-corrected chi connectivity index (χ0v) is 19.4. The summed E-state index contributed by atoms with van der Waals surface area (Å²) in [4.78, 5) is 15.3. The van der Waals surface area contributed by atoms with E-state index in [0.29, 0.717) is 28.7 Å². The van der Waals surface area contributed by atoms with Gasteiger partial charge in [0.05, 0.1) is 16.6 Å². The van der Waals surface area contributed by atoms with Gasteiger partial charge in [-0.15, -0.1) is 0 Å². The molecule has 0 bridgehead atoms. The van der Waals surface area contributed by atoms with Crippen LogP contribution in [0.3, 0.4) is 0 Å². The van der Waals surface area contributed by atoms with Crippen molar-refractivity contribution >= 4 is 29.1 Å². The third-order valence-electron chi connectivity index (χ3n) is 5.55. The molecule has 1 heterocycles. The Morgan fingerprint density at radius 2 is 1.59 bits per heavy atom. The zero-order chi connectivity index (χ0) is 22.5. The number of hydrogen-bond acceptors (Lipinski definition) is 1. The topological polar surface area (TPSA) is 25.2 Å². The van der Waals surface area contributed by atoms with E-state index in [2.05, 4.69) is 42.0 Å². The van der Waals surface area contributed by atoms with Crippen LogP contribution >= 0.6 is 23.2 Å². The van der Waals surface area contributed by atoms with E-state index in [1.165, 1.54) is 11.1 Å². The molecule has 32 heavy (non-hydrogen) atoms. The molecular formula is C27H24Cl2N2O. The fourth-order valence-corrected chi connectivity index (χ4v) is 4.03. The van der Waals surface area contributed by atoms with Crippen LogP contribution in [-0.2, 0) is 19.6 Å². The second-order valence-electron chi connectivity index (χ2n) is 7.83. The maximum absolute atomic E-state index is 13.5. The number of halogens is 2. The van der Waals surface area contributed by atoms with Crippen molar-refractivity contribution in [2.24, 2.45) is 0 Å². The molecular weight excluding hydrogens is 439 g/mol. The van der Waals surface area contributed by atoms with Crippen LogP contribution in [0.15, 0.2) is 91.1 Å². The van der Waals surface area contributed by atoms with E-state index in [1.807, 2.05) is 47.4 Å². The fraction of sp³-hybridized carbons (Fsp3) is 0.148. The van der Waals surface area contributed by atoms with E-state index in [-0.39, 0.29) is 5.91 Å². The second-order valence-corrected chi connectivity index (χ2v) is 8.64. The van der Waals surface area contributed by atoms with Crippen molar-refractivity contribution in [2.75, 3.05) is 0 Å². The van der Waals surface area contributed by atoms with E-state index in [4.69, 9.17) is 23.2 Å². The first-order valence-corrected chi connectivity index (χ1v) is 11.2. The minimum absolute atomic E-state index is 0.0870. The van der Waals surface area contributed by atoms with E-state index < -0.39 is 0 Å². The summed E-state index contributed by atoms with van der Waals surface area (Å²) in [5.74, 6) is -0.0870. The maximum Gasteiger partial charge on any atom is 0.254 e. The van der Waals surface area contributed by atoms with Gasteiger partial charge in [-0.1, -0.05) is 77.8 Å². The summed E-state index contributed by atoms with van der Waals surface area (Å²) < 4.78 is 2.20. The van der Waals surface area contributed by atoms with E-state index in [1.54, 1.807) is 18.2 Å². The molecule has 0 saturated heterocycles. The molecule has 5 heteroatoms.